The number of carbonyl (C=O) groups excluding carboxylic acids is 2. The Kier molecular flexibility index (Phi) is 4.74. The zero-order chi connectivity index (χ0) is 7.98. The van der Waals surface area contributed by atoms with E-state index in [-0.39, 0.29) is 12.5 Å². The molecule has 0 aliphatic carbocycles. The van der Waals surface area contributed by atoms with Gasteiger partial charge < -0.3 is 4.74 Å². The number of hydrogen-bond donors (Lipinski definition) is 1. The van der Waals surface area contributed by atoms with Crippen LogP contribution in [0.15, 0.2) is 0 Å². The van der Waals surface area contributed by atoms with Crippen LogP contribution in [-0.4, -0.2) is 29.9 Å². The van der Waals surface area contributed by atoms with Crippen molar-refractivity contribution in [3.8, 4) is 0 Å². The van der Waals surface area contributed by atoms with Gasteiger partial charge in [0.15, 0.2) is 0 Å². The summed E-state index contributed by atoms with van der Waals surface area (Å²) in [5, 5.41) is 0. The van der Waals surface area contributed by atoms with Gasteiger partial charge in [-0.15, -0.1) is 0 Å². The van der Waals surface area contributed by atoms with Gasteiger partial charge in [-0.05, 0) is 6.92 Å². The highest BCUT2D eigenvalue weighted by molar-refractivity contribution is 7.80. The van der Waals surface area contributed by atoms with E-state index in [4.69, 9.17) is 0 Å². The second-order valence-corrected chi connectivity index (χ2v) is 1.70. The van der Waals surface area contributed by atoms with Crippen LogP contribution in [0.5, 0.6) is 0 Å². The minimum absolute atomic E-state index is 0.0440. The van der Waals surface area contributed by atoms with Gasteiger partial charge in [0.25, 0.3) is 0 Å². The molecule has 10 heavy (non-hydrogen) atoms. The molecular weight excluding hydrogens is 154 g/mol. The lowest BCUT2D eigenvalue weighted by atomic mass is 10.8. The maximum absolute atomic E-state index is 10.6. The Balaban J connectivity index is 3.76. The van der Waals surface area contributed by atoms with Gasteiger partial charge >= 0.3 is 6.09 Å². The predicted molar refractivity (Wildman–Crippen MR) is 38.8 cm³/mol. The van der Waals surface area contributed by atoms with E-state index in [0.717, 1.165) is 4.90 Å². The molecule has 0 spiro atoms. The van der Waals surface area contributed by atoms with Gasteiger partial charge in [0.05, 0.1) is 12.5 Å². The Morgan fingerprint density at radius 2 is 2.40 bits per heavy atom. The minimum Gasteiger partial charge on any atom is -0.449 e. The molecule has 0 aliphatic rings. The first kappa shape index (κ1) is 9.29. The van der Waals surface area contributed by atoms with Crippen molar-refractivity contribution in [2.45, 2.75) is 6.92 Å². The van der Waals surface area contributed by atoms with E-state index in [0.29, 0.717) is 6.41 Å². The molecule has 0 fully saturated rings. The molecular formula is C5H9NO3S. The fraction of sp³-hybridized carbons (Fsp3) is 0.600. The Hall–Kier alpha value is -0.710. The van der Waals surface area contributed by atoms with Crippen LogP contribution in [0.4, 0.5) is 4.79 Å². The lowest BCUT2D eigenvalue weighted by molar-refractivity contribution is -0.115. The summed E-state index contributed by atoms with van der Waals surface area (Å²) in [6.45, 7) is 1.93. The van der Waals surface area contributed by atoms with Crippen LogP contribution in [0.3, 0.4) is 0 Å². The van der Waals surface area contributed by atoms with Crippen molar-refractivity contribution in [3.63, 3.8) is 0 Å². The van der Waals surface area contributed by atoms with Gasteiger partial charge in [-0.2, -0.15) is 12.6 Å². The number of thiol groups is 1. The summed E-state index contributed by atoms with van der Waals surface area (Å²) in [7, 11) is 0. The number of imide groups is 1. The van der Waals surface area contributed by atoms with E-state index in [1.54, 1.807) is 6.92 Å². The summed E-state index contributed by atoms with van der Waals surface area (Å²) in [6.07, 6.45) is -0.280. The Bertz CT molecular complexity index is 128. The van der Waals surface area contributed by atoms with Gasteiger partial charge in [-0.3, -0.25) is 4.79 Å². The molecule has 0 radical (unpaired) electrons. The van der Waals surface area contributed by atoms with Crippen LogP contribution in [0.2, 0.25) is 0 Å². The van der Waals surface area contributed by atoms with Crippen LogP contribution in [0, 0.1) is 0 Å². The van der Waals surface area contributed by atoms with Crippen molar-refractivity contribution in [2.75, 3.05) is 12.5 Å². The number of rotatable bonds is 3. The lowest BCUT2D eigenvalue weighted by Crippen LogP contribution is -2.28. The summed E-state index contributed by atoms with van der Waals surface area (Å²) >= 11 is 3.72. The van der Waals surface area contributed by atoms with E-state index >= 15 is 0 Å². The maximum atomic E-state index is 10.6. The van der Waals surface area contributed by atoms with Crippen LogP contribution in [-0.2, 0) is 9.53 Å². The molecule has 5 heteroatoms. The summed E-state index contributed by atoms with van der Waals surface area (Å²) in [6, 6.07) is 0. The molecule has 0 aliphatic heterocycles. The van der Waals surface area contributed by atoms with Crippen molar-refractivity contribution in [1.82, 2.24) is 4.90 Å². The number of carbonyl (C=O) groups is 2. The molecule has 0 aromatic rings. The lowest BCUT2D eigenvalue weighted by Gasteiger charge is -2.10. The molecule has 0 saturated carbocycles. The number of ether oxygens (including phenoxy) is 1. The monoisotopic (exact) mass is 163 g/mol. The quantitative estimate of drug-likeness (QED) is 0.374. The van der Waals surface area contributed by atoms with Crippen LogP contribution < -0.4 is 0 Å². The van der Waals surface area contributed by atoms with E-state index in [1.165, 1.54) is 0 Å². The molecule has 0 heterocycles. The predicted octanol–water partition coefficient (Wildman–Crippen LogP) is 0.489. The maximum Gasteiger partial charge on any atom is 0.417 e. The highest BCUT2D eigenvalue weighted by atomic mass is 32.1. The average molecular weight is 163 g/mol. The summed E-state index contributed by atoms with van der Waals surface area (Å²) in [4.78, 5) is 21.5. The summed E-state index contributed by atoms with van der Waals surface area (Å²) in [5.74, 6) is 0.0440. The zero-order valence-corrected chi connectivity index (χ0v) is 6.51. The Morgan fingerprint density at radius 3 is 2.70 bits per heavy atom. The Morgan fingerprint density at radius 1 is 1.80 bits per heavy atom. The van der Waals surface area contributed by atoms with Gasteiger partial charge in [0.1, 0.15) is 0 Å². The van der Waals surface area contributed by atoms with Gasteiger partial charge in [0, 0.05) is 0 Å². The standard InChI is InChI=1S/C5H9NO3S/c1-2-9-5(8)6(3-7)4-10/h3,10H,2,4H2,1H3. The second-order valence-electron chi connectivity index (χ2n) is 1.42. The first-order valence-corrected chi connectivity index (χ1v) is 3.39. The second kappa shape index (κ2) is 5.10. The van der Waals surface area contributed by atoms with Crippen molar-refractivity contribution in [2.24, 2.45) is 0 Å². The summed E-state index contributed by atoms with van der Waals surface area (Å²) < 4.78 is 4.49. The van der Waals surface area contributed by atoms with Crippen molar-refractivity contribution < 1.29 is 14.3 Å². The van der Waals surface area contributed by atoms with E-state index in [9.17, 15) is 9.59 Å². The van der Waals surface area contributed by atoms with E-state index in [2.05, 4.69) is 17.4 Å². The molecule has 0 N–H and O–H groups in total. The normalized spacial score (nSPS) is 8.60. The third-order valence-corrected chi connectivity index (χ3v) is 1.09. The van der Waals surface area contributed by atoms with Crippen molar-refractivity contribution >= 4 is 25.1 Å². The highest BCUT2D eigenvalue weighted by Crippen LogP contribution is 1.91. The van der Waals surface area contributed by atoms with E-state index < -0.39 is 6.09 Å². The van der Waals surface area contributed by atoms with Gasteiger partial charge in [-0.1, -0.05) is 0 Å². The first-order valence-electron chi connectivity index (χ1n) is 2.75. The first-order chi connectivity index (χ1) is 4.76. The average Bonchev–Trinajstić information content (AvgIpc) is 1.91. The molecule has 0 aromatic carbocycles. The minimum atomic E-state index is -0.660. The molecule has 0 bridgehead atoms. The van der Waals surface area contributed by atoms with Crippen LogP contribution in [0.25, 0.3) is 0 Å². The molecule has 0 atom stereocenters. The van der Waals surface area contributed by atoms with Crippen LogP contribution in [0.1, 0.15) is 6.92 Å². The van der Waals surface area contributed by atoms with Gasteiger partial charge in [-0.25, -0.2) is 9.69 Å². The molecule has 0 saturated heterocycles. The molecule has 2 amide bonds. The van der Waals surface area contributed by atoms with Crippen molar-refractivity contribution in [3.05, 3.63) is 0 Å². The third-order valence-electron chi connectivity index (χ3n) is 0.782. The largest absolute Gasteiger partial charge is 0.449 e. The smallest absolute Gasteiger partial charge is 0.417 e. The molecule has 0 rings (SSSR count). The fourth-order valence-corrected chi connectivity index (χ4v) is 0.523. The van der Waals surface area contributed by atoms with Crippen LogP contribution >= 0.6 is 12.6 Å². The molecule has 0 aromatic heterocycles. The number of nitrogens with zero attached hydrogens (tertiary/aromatic N) is 1. The zero-order valence-electron chi connectivity index (χ0n) is 5.61. The number of amides is 2. The topological polar surface area (TPSA) is 46.6 Å². The highest BCUT2D eigenvalue weighted by Gasteiger charge is 2.09. The molecule has 4 nitrogen and oxygen atoms in total. The molecule has 58 valence electrons. The number of hydrogen-bond acceptors (Lipinski definition) is 4. The third kappa shape index (κ3) is 2.72. The fourth-order valence-electron chi connectivity index (χ4n) is 0.340. The molecule has 0 unspecified atom stereocenters. The van der Waals surface area contributed by atoms with Crippen molar-refractivity contribution in [1.29, 1.82) is 0 Å². The SMILES string of the molecule is CCOC(=O)N(C=O)CS. The Labute approximate surface area is 64.6 Å². The summed E-state index contributed by atoms with van der Waals surface area (Å²) in [5.41, 5.74) is 0. The van der Waals surface area contributed by atoms with E-state index in [1.807, 2.05) is 0 Å². The van der Waals surface area contributed by atoms with Gasteiger partial charge in [0.2, 0.25) is 6.41 Å².